The van der Waals surface area contributed by atoms with Crippen molar-refractivity contribution in [3.8, 4) is 11.8 Å². The number of aliphatic hydroxyl groups excluding tert-OH is 1. The smallest absolute Gasteiger partial charge is 0.179 e. The molecule has 0 saturated carbocycles. The molecule has 0 radical (unpaired) electrons. The highest BCUT2D eigenvalue weighted by atomic mass is 32.1. The molecule has 0 aliphatic carbocycles. The number of nitriles is 1. The predicted octanol–water partition coefficient (Wildman–Crippen LogP) is 3.99. The van der Waals surface area contributed by atoms with Gasteiger partial charge in [-0.2, -0.15) is 5.26 Å². The summed E-state index contributed by atoms with van der Waals surface area (Å²) in [4.78, 5) is 4.19. The third kappa shape index (κ3) is 2.29. The summed E-state index contributed by atoms with van der Waals surface area (Å²) in [5.74, 6) is -0.580. The largest absolute Gasteiger partial charge is 0.503 e. The lowest BCUT2D eigenvalue weighted by Crippen LogP contribution is -1.88. The number of aliphatic hydroxyl groups is 1. The average Bonchev–Trinajstić information content (AvgIpc) is 3.15. The number of ether oxygens (including phenoxy) is 1. The van der Waals surface area contributed by atoms with Gasteiger partial charge >= 0.3 is 0 Å². The number of furan rings is 1. The Morgan fingerprint density at radius 2 is 2.32 bits per heavy atom. The van der Waals surface area contributed by atoms with Crippen LogP contribution in [0.4, 0.5) is 4.39 Å². The van der Waals surface area contributed by atoms with Gasteiger partial charge in [-0.15, -0.1) is 11.3 Å². The monoisotopic (exact) mass is 316 g/mol. The molecule has 3 aromatic rings. The van der Waals surface area contributed by atoms with Crippen LogP contribution in [0, 0.1) is 17.1 Å². The number of rotatable bonds is 3. The molecule has 0 saturated heterocycles. The van der Waals surface area contributed by atoms with Crippen molar-refractivity contribution < 1.29 is 18.7 Å². The number of nitrogens with zero attached hydrogens (tertiary/aromatic N) is 2. The summed E-state index contributed by atoms with van der Waals surface area (Å²) in [7, 11) is 1.37. The summed E-state index contributed by atoms with van der Waals surface area (Å²) < 4.78 is 24.3. The number of methoxy groups -OCH3 is 1. The molecule has 110 valence electrons. The average molecular weight is 316 g/mol. The van der Waals surface area contributed by atoms with Crippen molar-refractivity contribution in [3.05, 3.63) is 47.1 Å². The number of fused-ring (bicyclic) bond motifs is 1. The zero-order chi connectivity index (χ0) is 15.7. The molecule has 3 rings (SSSR count). The first-order valence-electron chi connectivity index (χ1n) is 6.15. The summed E-state index contributed by atoms with van der Waals surface area (Å²) >= 11 is 1.15. The summed E-state index contributed by atoms with van der Waals surface area (Å²) in [6, 6.07) is 7.76. The number of thiazole rings is 1. The number of benzene rings is 1. The molecule has 0 atom stereocenters. The second-order valence-corrected chi connectivity index (χ2v) is 5.32. The third-order valence-corrected chi connectivity index (χ3v) is 4.01. The molecule has 1 N–H and O–H groups in total. The highest BCUT2D eigenvalue weighted by Crippen LogP contribution is 2.33. The van der Waals surface area contributed by atoms with Crippen molar-refractivity contribution in [1.29, 1.82) is 5.26 Å². The minimum atomic E-state index is -0.537. The second kappa shape index (κ2) is 5.50. The second-order valence-electron chi connectivity index (χ2n) is 4.29. The molecular weight excluding hydrogens is 307 g/mol. The van der Waals surface area contributed by atoms with Crippen LogP contribution in [0.5, 0.6) is 5.75 Å². The fraction of sp³-hybridized carbons (Fsp3) is 0.0667. The highest BCUT2D eigenvalue weighted by molar-refractivity contribution is 7.19. The number of aromatic nitrogens is 1. The lowest BCUT2D eigenvalue weighted by atomic mass is 10.2. The van der Waals surface area contributed by atoms with Crippen LogP contribution in [0.1, 0.15) is 10.8 Å². The van der Waals surface area contributed by atoms with Gasteiger partial charge in [-0.3, -0.25) is 0 Å². The van der Waals surface area contributed by atoms with E-state index in [1.165, 1.54) is 31.6 Å². The van der Waals surface area contributed by atoms with Gasteiger partial charge in [-0.05, 0) is 12.1 Å². The van der Waals surface area contributed by atoms with Crippen LogP contribution in [-0.2, 0) is 0 Å². The van der Waals surface area contributed by atoms with E-state index in [0.29, 0.717) is 10.2 Å². The van der Waals surface area contributed by atoms with Gasteiger partial charge in [-0.25, -0.2) is 9.37 Å². The van der Waals surface area contributed by atoms with Crippen LogP contribution < -0.4 is 4.74 Å². The lowest BCUT2D eigenvalue weighted by molar-refractivity contribution is 0.387. The first-order valence-corrected chi connectivity index (χ1v) is 6.97. The van der Waals surface area contributed by atoms with E-state index in [0.717, 1.165) is 11.3 Å². The lowest BCUT2D eigenvalue weighted by Gasteiger charge is -1.99. The van der Waals surface area contributed by atoms with E-state index in [2.05, 4.69) is 4.98 Å². The zero-order valence-electron chi connectivity index (χ0n) is 11.3. The molecule has 0 bridgehead atoms. The molecule has 7 heteroatoms. The molecule has 0 spiro atoms. The SMILES string of the molecule is COc1cc2sc(/C(C#N)=C(\O)c3ccco3)nc2cc1F. The molecule has 0 amide bonds. The quantitative estimate of drug-likeness (QED) is 0.584. The van der Waals surface area contributed by atoms with E-state index in [1.54, 1.807) is 6.07 Å². The van der Waals surface area contributed by atoms with Crippen molar-refractivity contribution in [2.24, 2.45) is 0 Å². The van der Waals surface area contributed by atoms with E-state index in [1.807, 2.05) is 6.07 Å². The van der Waals surface area contributed by atoms with Gasteiger partial charge in [0.25, 0.3) is 0 Å². The van der Waals surface area contributed by atoms with Crippen molar-refractivity contribution in [2.75, 3.05) is 7.11 Å². The summed E-state index contributed by atoms with van der Waals surface area (Å²) in [6.07, 6.45) is 1.39. The summed E-state index contributed by atoms with van der Waals surface area (Å²) in [5, 5.41) is 19.7. The molecule has 2 heterocycles. The van der Waals surface area contributed by atoms with Crippen LogP contribution in [0.3, 0.4) is 0 Å². The number of allylic oxidation sites excluding steroid dienone is 1. The zero-order valence-corrected chi connectivity index (χ0v) is 12.1. The Bertz CT molecular complexity index is 907. The molecular formula is C15H9FN2O3S. The van der Waals surface area contributed by atoms with Gasteiger partial charge in [0.05, 0.1) is 23.6 Å². The highest BCUT2D eigenvalue weighted by Gasteiger charge is 2.18. The van der Waals surface area contributed by atoms with Crippen LogP contribution in [0.2, 0.25) is 0 Å². The van der Waals surface area contributed by atoms with E-state index in [9.17, 15) is 14.8 Å². The van der Waals surface area contributed by atoms with Gasteiger partial charge in [0.2, 0.25) is 0 Å². The van der Waals surface area contributed by atoms with Crippen LogP contribution in [-0.4, -0.2) is 17.2 Å². The minimum Gasteiger partial charge on any atom is -0.503 e. The Labute approximate surface area is 128 Å². The standard InChI is InChI=1S/C15H9FN2O3S/c1-20-12-6-13-10(5-9(12)16)18-15(22-13)8(7-17)14(19)11-3-2-4-21-11/h2-6,19H,1H3/b14-8-. The van der Waals surface area contributed by atoms with E-state index < -0.39 is 5.82 Å². The van der Waals surface area contributed by atoms with E-state index in [-0.39, 0.29) is 27.8 Å². The van der Waals surface area contributed by atoms with Gasteiger partial charge in [0.1, 0.15) is 16.6 Å². The minimum absolute atomic E-state index is 0.0319. The van der Waals surface area contributed by atoms with Crippen molar-refractivity contribution >= 4 is 32.9 Å². The predicted molar refractivity (Wildman–Crippen MR) is 79.9 cm³/mol. The Kier molecular flexibility index (Phi) is 3.53. The summed E-state index contributed by atoms with van der Waals surface area (Å²) in [6.45, 7) is 0. The Morgan fingerprint density at radius 3 is 2.95 bits per heavy atom. The molecule has 0 unspecified atom stereocenters. The maximum absolute atomic E-state index is 13.7. The maximum atomic E-state index is 13.7. The fourth-order valence-corrected chi connectivity index (χ4v) is 2.90. The Morgan fingerprint density at radius 1 is 1.50 bits per heavy atom. The number of hydrogen-bond acceptors (Lipinski definition) is 6. The molecule has 5 nitrogen and oxygen atoms in total. The molecule has 0 aliphatic heterocycles. The first-order chi connectivity index (χ1) is 10.6. The van der Waals surface area contributed by atoms with Gasteiger partial charge in [0.15, 0.2) is 23.1 Å². The van der Waals surface area contributed by atoms with Crippen LogP contribution in [0.15, 0.2) is 34.9 Å². The Hall–Kier alpha value is -2.85. The van der Waals surface area contributed by atoms with E-state index in [4.69, 9.17) is 9.15 Å². The maximum Gasteiger partial charge on any atom is 0.179 e. The van der Waals surface area contributed by atoms with Gasteiger partial charge < -0.3 is 14.3 Å². The number of hydrogen-bond donors (Lipinski definition) is 1. The van der Waals surface area contributed by atoms with Crippen LogP contribution >= 0.6 is 11.3 Å². The topological polar surface area (TPSA) is 79.3 Å². The molecule has 1 aromatic carbocycles. The fourth-order valence-electron chi connectivity index (χ4n) is 1.93. The van der Waals surface area contributed by atoms with Crippen LogP contribution in [0.25, 0.3) is 21.5 Å². The van der Waals surface area contributed by atoms with Gasteiger partial charge in [0, 0.05) is 12.1 Å². The molecule has 0 aliphatic rings. The third-order valence-electron chi connectivity index (χ3n) is 2.98. The number of halogens is 1. The van der Waals surface area contributed by atoms with E-state index >= 15 is 0 Å². The normalized spacial score (nSPS) is 12.0. The Balaban J connectivity index is 2.17. The molecule has 0 fully saturated rings. The molecule has 22 heavy (non-hydrogen) atoms. The first kappa shape index (κ1) is 14.1. The van der Waals surface area contributed by atoms with Gasteiger partial charge in [-0.1, -0.05) is 0 Å². The molecule has 2 aromatic heterocycles. The van der Waals surface area contributed by atoms with Crippen molar-refractivity contribution in [2.45, 2.75) is 0 Å². The van der Waals surface area contributed by atoms with Crippen molar-refractivity contribution in [3.63, 3.8) is 0 Å². The summed E-state index contributed by atoms with van der Waals surface area (Å²) in [5.41, 5.74) is 0.355. The van der Waals surface area contributed by atoms with Crippen molar-refractivity contribution in [1.82, 2.24) is 4.98 Å².